The lowest BCUT2D eigenvalue weighted by Crippen LogP contribution is -2.30. The zero-order valence-electron chi connectivity index (χ0n) is 11.9. The SMILES string of the molecule is CCC(NC(=O)c1cc(Cl)cn1C(C)C)c1ncc[nH]1. The van der Waals surface area contributed by atoms with E-state index in [0.717, 1.165) is 12.2 Å². The molecule has 0 saturated carbocycles. The van der Waals surface area contributed by atoms with Crippen molar-refractivity contribution in [3.05, 3.63) is 41.2 Å². The van der Waals surface area contributed by atoms with Crippen LogP contribution in [0.3, 0.4) is 0 Å². The molecule has 5 nitrogen and oxygen atoms in total. The van der Waals surface area contributed by atoms with Crippen LogP contribution in [0.1, 0.15) is 55.6 Å². The number of rotatable bonds is 5. The second-order valence-corrected chi connectivity index (χ2v) is 5.39. The van der Waals surface area contributed by atoms with Crippen LogP contribution < -0.4 is 5.32 Å². The van der Waals surface area contributed by atoms with Gasteiger partial charge in [0.25, 0.3) is 5.91 Å². The van der Waals surface area contributed by atoms with Crippen LogP contribution in [0.25, 0.3) is 0 Å². The maximum Gasteiger partial charge on any atom is 0.268 e. The molecule has 1 unspecified atom stereocenters. The van der Waals surface area contributed by atoms with Gasteiger partial charge in [-0.15, -0.1) is 0 Å². The van der Waals surface area contributed by atoms with Gasteiger partial charge in [-0.05, 0) is 26.3 Å². The summed E-state index contributed by atoms with van der Waals surface area (Å²) >= 11 is 6.00. The lowest BCUT2D eigenvalue weighted by atomic mass is 10.2. The average Bonchev–Trinajstić information content (AvgIpc) is 3.04. The summed E-state index contributed by atoms with van der Waals surface area (Å²) in [7, 11) is 0. The highest BCUT2D eigenvalue weighted by molar-refractivity contribution is 6.31. The van der Waals surface area contributed by atoms with Gasteiger partial charge in [0.2, 0.25) is 0 Å². The second-order valence-electron chi connectivity index (χ2n) is 4.95. The number of imidazole rings is 1. The number of nitrogens with zero attached hydrogens (tertiary/aromatic N) is 2. The molecule has 20 heavy (non-hydrogen) atoms. The molecule has 0 aliphatic carbocycles. The van der Waals surface area contributed by atoms with Crippen LogP contribution in [-0.2, 0) is 0 Å². The summed E-state index contributed by atoms with van der Waals surface area (Å²) in [6, 6.07) is 1.73. The third-order valence-electron chi connectivity index (χ3n) is 3.17. The van der Waals surface area contributed by atoms with Gasteiger partial charge in [-0.25, -0.2) is 4.98 Å². The quantitative estimate of drug-likeness (QED) is 0.888. The van der Waals surface area contributed by atoms with Crippen molar-refractivity contribution in [1.29, 1.82) is 0 Å². The van der Waals surface area contributed by atoms with Gasteiger partial charge in [0, 0.05) is 24.6 Å². The van der Waals surface area contributed by atoms with Crippen molar-refractivity contribution in [2.24, 2.45) is 0 Å². The Morgan fingerprint density at radius 2 is 2.30 bits per heavy atom. The standard InChI is InChI=1S/C14H19ClN4O/c1-4-11(13-16-5-6-17-13)18-14(20)12-7-10(15)8-19(12)9(2)3/h5-9,11H,4H2,1-3H3,(H,16,17)(H,18,20). The summed E-state index contributed by atoms with van der Waals surface area (Å²) in [5.74, 6) is 0.614. The van der Waals surface area contributed by atoms with E-state index >= 15 is 0 Å². The minimum Gasteiger partial charge on any atom is -0.347 e. The van der Waals surface area contributed by atoms with Crippen molar-refractivity contribution >= 4 is 17.5 Å². The van der Waals surface area contributed by atoms with Crippen molar-refractivity contribution in [2.45, 2.75) is 39.3 Å². The number of amides is 1. The number of H-pyrrole nitrogens is 1. The number of hydrogen-bond donors (Lipinski definition) is 2. The Balaban J connectivity index is 2.19. The van der Waals surface area contributed by atoms with Crippen LogP contribution >= 0.6 is 11.6 Å². The summed E-state index contributed by atoms with van der Waals surface area (Å²) in [5, 5.41) is 3.55. The van der Waals surface area contributed by atoms with Crippen LogP contribution in [0, 0.1) is 0 Å². The summed E-state index contributed by atoms with van der Waals surface area (Å²) in [5.41, 5.74) is 0.565. The van der Waals surface area contributed by atoms with Crippen LogP contribution in [0.2, 0.25) is 5.02 Å². The van der Waals surface area contributed by atoms with Gasteiger partial charge >= 0.3 is 0 Å². The molecule has 1 atom stereocenters. The van der Waals surface area contributed by atoms with E-state index in [1.54, 1.807) is 24.7 Å². The van der Waals surface area contributed by atoms with Crippen LogP contribution in [-0.4, -0.2) is 20.4 Å². The molecule has 2 aromatic heterocycles. The summed E-state index contributed by atoms with van der Waals surface area (Å²) in [6.45, 7) is 6.02. The molecule has 0 spiro atoms. The van der Waals surface area contributed by atoms with E-state index in [0.29, 0.717) is 10.7 Å². The Bertz CT molecular complexity index is 574. The highest BCUT2D eigenvalue weighted by Gasteiger charge is 2.20. The molecule has 1 amide bonds. The van der Waals surface area contributed by atoms with E-state index in [2.05, 4.69) is 15.3 Å². The van der Waals surface area contributed by atoms with Gasteiger partial charge < -0.3 is 14.9 Å². The highest BCUT2D eigenvalue weighted by atomic mass is 35.5. The van der Waals surface area contributed by atoms with Gasteiger partial charge in [-0.2, -0.15) is 0 Å². The highest BCUT2D eigenvalue weighted by Crippen LogP contribution is 2.20. The molecule has 6 heteroatoms. The summed E-state index contributed by atoms with van der Waals surface area (Å²) < 4.78 is 1.87. The van der Waals surface area contributed by atoms with Gasteiger partial charge in [0.05, 0.1) is 11.1 Å². The van der Waals surface area contributed by atoms with Crippen molar-refractivity contribution in [3.8, 4) is 0 Å². The maximum atomic E-state index is 12.4. The molecule has 0 aliphatic rings. The number of halogens is 1. The minimum absolute atomic E-state index is 0.133. The van der Waals surface area contributed by atoms with Crippen LogP contribution in [0.5, 0.6) is 0 Å². The summed E-state index contributed by atoms with van der Waals surface area (Å²) in [4.78, 5) is 19.6. The van der Waals surface area contributed by atoms with E-state index in [9.17, 15) is 4.79 Å². The predicted molar refractivity (Wildman–Crippen MR) is 78.9 cm³/mol. The molecule has 0 fully saturated rings. The molecule has 2 heterocycles. The van der Waals surface area contributed by atoms with Crippen molar-refractivity contribution < 1.29 is 4.79 Å². The number of carbonyl (C=O) groups is 1. The van der Waals surface area contributed by atoms with Crippen molar-refractivity contribution in [1.82, 2.24) is 19.9 Å². The zero-order valence-corrected chi connectivity index (χ0v) is 12.6. The third-order valence-corrected chi connectivity index (χ3v) is 3.37. The largest absolute Gasteiger partial charge is 0.347 e. The molecule has 0 radical (unpaired) electrons. The number of hydrogen-bond acceptors (Lipinski definition) is 2. The number of aromatic nitrogens is 3. The third kappa shape index (κ3) is 3.04. The zero-order chi connectivity index (χ0) is 14.7. The Morgan fingerprint density at radius 1 is 1.55 bits per heavy atom. The Morgan fingerprint density at radius 3 is 2.85 bits per heavy atom. The molecular weight excluding hydrogens is 276 g/mol. The Hall–Kier alpha value is -1.75. The average molecular weight is 295 g/mol. The first-order chi connectivity index (χ1) is 9.52. The molecule has 2 aromatic rings. The fourth-order valence-corrected chi connectivity index (χ4v) is 2.33. The van der Waals surface area contributed by atoms with E-state index < -0.39 is 0 Å². The maximum absolute atomic E-state index is 12.4. The van der Waals surface area contributed by atoms with Gasteiger partial charge in [-0.1, -0.05) is 18.5 Å². The normalized spacial score (nSPS) is 12.7. The first-order valence-corrected chi connectivity index (χ1v) is 7.08. The molecule has 2 N–H and O–H groups in total. The smallest absolute Gasteiger partial charge is 0.268 e. The Labute approximate surface area is 123 Å². The first-order valence-electron chi connectivity index (χ1n) is 6.70. The van der Waals surface area contributed by atoms with Crippen molar-refractivity contribution in [3.63, 3.8) is 0 Å². The van der Waals surface area contributed by atoms with Crippen LogP contribution in [0.15, 0.2) is 24.7 Å². The molecule has 0 aromatic carbocycles. The van der Waals surface area contributed by atoms with Crippen LogP contribution in [0.4, 0.5) is 0 Å². The molecule has 2 rings (SSSR count). The Kier molecular flexibility index (Phi) is 4.49. The lowest BCUT2D eigenvalue weighted by molar-refractivity contribution is 0.0923. The predicted octanol–water partition coefficient (Wildman–Crippen LogP) is 3.33. The number of carbonyl (C=O) groups excluding carboxylic acids is 1. The van der Waals surface area contributed by atoms with E-state index in [1.165, 1.54) is 0 Å². The van der Waals surface area contributed by atoms with E-state index in [4.69, 9.17) is 11.6 Å². The van der Waals surface area contributed by atoms with Gasteiger partial charge in [-0.3, -0.25) is 4.79 Å². The lowest BCUT2D eigenvalue weighted by Gasteiger charge is -2.17. The molecule has 108 valence electrons. The van der Waals surface area contributed by atoms with E-state index in [-0.39, 0.29) is 18.0 Å². The van der Waals surface area contributed by atoms with Gasteiger partial charge in [0.1, 0.15) is 11.5 Å². The monoisotopic (exact) mass is 294 g/mol. The number of aromatic amines is 1. The molecule has 0 aliphatic heterocycles. The number of nitrogens with one attached hydrogen (secondary N) is 2. The molecule has 0 saturated heterocycles. The van der Waals surface area contributed by atoms with Crippen molar-refractivity contribution in [2.75, 3.05) is 0 Å². The molecular formula is C14H19ClN4O. The van der Waals surface area contributed by atoms with Gasteiger partial charge in [0.15, 0.2) is 0 Å². The topological polar surface area (TPSA) is 62.7 Å². The first kappa shape index (κ1) is 14.7. The fraction of sp³-hybridized carbons (Fsp3) is 0.429. The summed E-state index contributed by atoms with van der Waals surface area (Å²) in [6.07, 6.45) is 5.96. The minimum atomic E-state index is -0.145. The second kappa shape index (κ2) is 6.13. The van der Waals surface area contributed by atoms with E-state index in [1.807, 2.05) is 25.3 Å². The molecule has 0 bridgehead atoms. The fourth-order valence-electron chi connectivity index (χ4n) is 2.12.